The summed E-state index contributed by atoms with van der Waals surface area (Å²) in [5.74, 6) is -1.52. The second kappa shape index (κ2) is 9.33. The second-order valence-electron chi connectivity index (χ2n) is 5.93. The molecule has 0 heterocycles. The van der Waals surface area contributed by atoms with Crippen LogP contribution in [0, 0.1) is 17.1 Å². The Morgan fingerprint density at radius 3 is 2.36 bits per heavy atom. The first-order valence-electron chi connectivity index (χ1n) is 8.32. The Labute approximate surface area is 161 Å². The number of halogens is 1. The molecule has 7 heteroatoms. The second-order valence-corrected chi connectivity index (χ2v) is 5.93. The van der Waals surface area contributed by atoms with Gasteiger partial charge in [-0.05, 0) is 61.9 Å². The van der Waals surface area contributed by atoms with Crippen molar-refractivity contribution >= 4 is 18.0 Å². The van der Waals surface area contributed by atoms with Gasteiger partial charge in [-0.2, -0.15) is 5.26 Å². The number of hydrogen-bond donors (Lipinski definition) is 0. The van der Waals surface area contributed by atoms with Gasteiger partial charge in [-0.3, -0.25) is 0 Å². The summed E-state index contributed by atoms with van der Waals surface area (Å²) in [6.07, 6.45) is 0.991. The smallest absolute Gasteiger partial charge is 0.349 e. The summed E-state index contributed by atoms with van der Waals surface area (Å²) in [4.78, 5) is 24.1. The number of nitriles is 1. The minimum absolute atomic E-state index is 0.136. The van der Waals surface area contributed by atoms with E-state index in [1.807, 2.05) is 0 Å². The molecular formula is C21H18FNO5. The third-order valence-corrected chi connectivity index (χ3v) is 3.46. The molecule has 0 bridgehead atoms. The Bertz CT molecular complexity index is 942. The van der Waals surface area contributed by atoms with Crippen LogP contribution in [0.25, 0.3) is 6.08 Å². The van der Waals surface area contributed by atoms with Crippen LogP contribution in [0.1, 0.15) is 29.8 Å². The van der Waals surface area contributed by atoms with Gasteiger partial charge in [0.25, 0.3) is 0 Å². The summed E-state index contributed by atoms with van der Waals surface area (Å²) < 4.78 is 28.5. The summed E-state index contributed by atoms with van der Waals surface area (Å²) in [5.41, 5.74) is 0.484. The van der Waals surface area contributed by atoms with Crippen molar-refractivity contribution in [2.24, 2.45) is 0 Å². The number of carbonyl (C=O) groups excluding carboxylic acids is 2. The van der Waals surface area contributed by atoms with Gasteiger partial charge in [-0.25, -0.2) is 14.0 Å². The van der Waals surface area contributed by atoms with E-state index in [0.29, 0.717) is 5.56 Å². The van der Waals surface area contributed by atoms with Gasteiger partial charge < -0.3 is 14.2 Å². The van der Waals surface area contributed by atoms with E-state index >= 15 is 0 Å². The highest BCUT2D eigenvalue weighted by Crippen LogP contribution is 2.30. The topological polar surface area (TPSA) is 85.6 Å². The maximum Gasteiger partial charge on any atom is 0.349 e. The van der Waals surface area contributed by atoms with Crippen LogP contribution in [0.2, 0.25) is 0 Å². The first-order chi connectivity index (χ1) is 13.3. The third kappa shape index (κ3) is 5.42. The van der Waals surface area contributed by atoms with E-state index in [2.05, 4.69) is 0 Å². The predicted molar refractivity (Wildman–Crippen MR) is 99.2 cm³/mol. The molecule has 0 aliphatic rings. The van der Waals surface area contributed by atoms with Crippen LogP contribution in [0.4, 0.5) is 4.39 Å². The summed E-state index contributed by atoms with van der Waals surface area (Å²) >= 11 is 0. The van der Waals surface area contributed by atoms with Crippen molar-refractivity contribution in [3.63, 3.8) is 0 Å². The van der Waals surface area contributed by atoms with Crippen molar-refractivity contribution in [3.8, 4) is 17.6 Å². The van der Waals surface area contributed by atoms with E-state index in [9.17, 15) is 14.0 Å². The molecule has 0 aliphatic heterocycles. The first kappa shape index (κ1) is 20.6. The van der Waals surface area contributed by atoms with Crippen molar-refractivity contribution in [1.82, 2.24) is 0 Å². The Hall–Kier alpha value is -3.66. The Morgan fingerprint density at radius 1 is 1.11 bits per heavy atom. The number of esters is 2. The first-order valence-corrected chi connectivity index (χ1v) is 8.32. The molecule has 6 nitrogen and oxygen atoms in total. The molecule has 0 aromatic heterocycles. The van der Waals surface area contributed by atoms with Gasteiger partial charge in [0.2, 0.25) is 0 Å². The average molecular weight is 383 g/mol. The molecule has 0 radical (unpaired) electrons. The van der Waals surface area contributed by atoms with Crippen LogP contribution in [0.5, 0.6) is 11.5 Å². The molecule has 0 saturated carbocycles. The SMILES string of the molecule is COc1cc(C=C(C#N)C(=O)OC(C)C)ccc1OC(=O)c1ccc(F)cc1. The summed E-state index contributed by atoms with van der Waals surface area (Å²) in [6.45, 7) is 3.36. The molecule has 0 fully saturated rings. The molecule has 0 unspecified atom stereocenters. The van der Waals surface area contributed by atoms with Gasteiger partial charge in [-0.15, -0.1) is 0 Å². The van der Waals surface area contributed by atoms with Crippen molar-refractivity contribution in [2.45, 2.75) is 20.0 Å². The minimum Gasteiger partial charge on any atom is -0.493 e. The lowest BCUT2D eigenvalue weighted by Gasteiger charge is -2.10. The number of benzene rings is 2. The van der Waals surface area contributed by atoms with Crippen LogP contribution in [0.15, 0.2) is 48.0 Å². The number of rotatable bonds is 6. The number of carbonyl (C=O) groups is 2. The molecule has 0 atom stereocenters. The maximum absolute atomic E-state index is 13.0. The zero-order chi connectivity index (χ0) is 20.7. The standard InChI is InChI=1S/C21H18FNO5/c1-13(2)27-21(25)16(12-23)10-14-4-9-18(19(11-14)26-3)28-20(24)15-5-7-17(22)8-6-15/h4-11,13H,1-3H3. The van der Waals surface area contributed by atoms with Crippen LogP contribution in [-0.4, -0.2) is 25.2 Å². The van der Waals surface area contributed by atoms with Gasteiger partial charge in [0, 0.05) is 0 Å². The summed E-state index contributed by atoms with van der Waals surface area (Å²) in [6, 6.07) is 11.2. The lowest BCUT2D eigenvalue weighted by Crippen LogP contribution is -2.12. The van der Waals surface area contributed by atoms with Crippen LogP contribution < -0.4 is 9.47 Å². The van der Waals surface area contributed by atoms with Crippen molar-refractivity contribution in [2.75, 3.05) is 7.11 Å². The molecule has 0 amide bonds. The Kier molecular flexibility index (Phi) is 6.88. The minimum atomic E-state index is -0.733. The summed E-state index contributed by atoms with van der Waals surface area (Å²) in [7, 11) is 1.39. The highest BCUT2D eigenvalue weighted by atomic mass is 19.1. The van der Waals surface area contributed by atoms with Gasteiger partial charge >= 0.3 is 11.9 Å². The normalized spacial score (nSPS) is 10.9. The predicted octanol–water partition coefficient (Wildman–Crippen LogP) is 3.91. The van der Waals surface area contributed by atoms with Crippen molar-refractivity contribution in [3.05, 3.63) is 65.0 Å². The fourth-order valence-electron chi connectivity index (χ4n) is 2.18. The zero-order valence-corrected chi connectivity index (χ0v) is 15.6. The van der Waals surface area contributed by atoms with Gasteiger partial charge in [0.05, 0.1) is 18.8 Å². The third-order valence-electron chi connectivity index (χ3n) is 3.46. The highest BCUT2D eigenvalue weighted by molar-refractivity contribution is 5.98. The quantitative estimate of drug-likeness (QED) is 0.325. The molecule has 2 rings (SSSR count). The van der Waals surface area contributed by atoms with Crippen molar-refractivity contribution < 1.29 is 28.2 Å². The Balaban J connectivity index is 2.25. The maximum atomic E-state index is 13.0. The molecule has 0 spiro atoms. The average Bonchev–Trinajstić information content (AvgIpc) is 2.66. The number of nitrogens with zero attached hydrogens (tertiary/aromatic N) is 1. The number of methoxy groups -OCH3 is 1. The molecular weight excluding hydrogens is 365 g/mol. The van der Waals surface area contributed by atoms with E-state index in [4.69, 9.17) is 19.5 Å². The number of ether oxygens (including phenoxy) is 3. The van der Waals surface area contributed by atoms with Crippen molar-refractivity contribution in [1.29, 1.82) is 5.26 Å². The molecule has 28 heavy (non-hydrogen) atoms. The highest BCUT2D eigenvalue weighted by Gasteiger charge is 2.15. The molecule has 0 saturated heterocycles. The van der Waals surface area contributed by atoms with Crippen LogP contribution in [-0.2, 0) is 9.53 Å². The van der Waals surface area contributed by atoms with Gasteiger partial charge in [0.1, 0.15) is 17.5 Å². The van der Waals surface area contributed by atoms with E-state index in [1.165, 1.54) is 37.5 Å². The lowest BCUT2D eigenvalue weighted by atomic mass is 10.1. The molecule has 2 aromatic rings. The molecule has 2 aromatic carbocycles. The van der Waals surface area contributed by atoms with Gasteiger partial charge in [-0.1, -0.05) is 6.07 Å². The van der Waals surface area contributed by atoms with Crippen LogP contribution >= 0.6 is 0 Å². The summed E-state index contributed by atoms with van der Waals surface area (Å²) in [5, 5.41) is 9.17. The molecule has 0 N–H and O–H groups in total. The fraction of sp³-hybridized carbons (Fsp3) is 0.190. The Morgan fingerprint density at radius 2 is 1.79 bits per heavy atom. The van der Waals surface area contributed by atoms with E-state index < -0.39 is 17.8 Å². The largest absolute Gasteiger partial charge is 0.493 e. The zero-order valence-electron chi connectivity index (χ0n) is 15.6. The van der Waals surface area contributed by atoms with Gasteiger partial charge in [0.15, 0.2) is 11.5 Å². The number of hydrogen-bond acceptors (Lipinski definition) is 6. The van der Waals surface area contributed by atoms with E-state index in [0.717, 1.165) is 12.1 Å². The van der Waals surface area contributed by atoms with E-state index in [-0.39, 0.29) is 28.7 Å². The molecule has 0 aliphatic carbocycles. The monoisotopic (exact) mass is 383 g/mol. The van der Waals surface area contributed by atoms with E-state index in [1.54, 1.807) is 26.0 Å². The fourth-order valence-corrected chi connectivity index (χ4v) is 2.18. The van der Waals surface area contributed by atoms with Crippen LogP contribution in [0.3, 0.4) is 0 Å². The molecule has 144 valence electrons. The lowest BCUT2D eigenvalue weighted by molar-refractivity contribution is -0.142.